The molecular formula is C22H27IN4O. The Labute approximate surface area is 183 Å². The molecule has 0 fully saturated rings. The second-order valence-corrected chi connectivity index (χ2v) is 6.18. The molecule has 0 spiro atoms. The molecule has 0 bridgehead atoms. The lowest BCUT2D eigenvalue weighted by atomic mass is 10.1. The van der Waals surface area contributed by atoms with Gasteiger partial charge < -0.3 is 15.4 Å². The first-order valence-corrected chi connectivity index (χ1v) is 9.28. The second-order valence-electron chi connectivity index (χ2n) is 6.18. The van der Waals surface area contributed by atoms with E-state index in [-0.39, 0.29) is 24.0 Å². The predicted molar refractivity (Wildman–Crippen MR) is 127 cm³/mol. The molecule has 0 atom stereocenters. The van der Waals surface area contributed by atoms with Gasteiger partial charge >= 0.3 is 0 Å². The number of fused-ring (bicyclic) bond motifs is 1. The Morgan fingerprint density at radius 3 is 2.61 bits per heavy atom. The summed E-state index contributed by atoms with van der Waals surface area (Å²) in [6.45, 7) is 4.24. The summed E-state index contributed by atoms with van der Waals surface area (Å²) in [7, 11) is 1.70. The molecule has 0 unspecified atom stereocenters. The molecule has 3 aromatic rings. The van der Waals surface area contributed by atoms with Gasteiger partial charge in [0.2, 0.25) is 0 Å². The number of para-hydroxylation sites is 2. The molecule has 0 radical (unpaired) electrons. The van der Waals surface area contributed by atoms with Crippen molar-refractivity contribution in [2.24, 2.45) is 4.99 Å². The van der Waals surface area contributed by atoms with Gasteiger partial charge in [-0.05, 0) is 36.6 Å². The molecule has 148 valence electrons. The summed E-state index contributed by atoms with van der Waals surface area (Å²) in [6, 6.07) is 18.3. The first kappa shape index (κ1) is 21.9. The summed E-state index contributed by atoms with van der Waals surface area (Å²) in [4.78, 5) is 9.23. The maximum Gasteiger partial charge on any atom is 0.191 e. The average molecular weight is 490 g/mol. The van der Waals surface area contributed by atoms with Gasteiger partial charge in [0.1, 0.15) is 5.75 Å². The van der Waals surface area contributed by atoms with E-state index in [9.17, 15) is 0 Å². The van der Waals surface area contributed by atoms with Crippen LogP contribution in [0.15, 0.2) is 65.8 Å². The fourth-order valence-corrected chi connectivity index (χ4v) is 3.03. The Balaban J connectivity index is 0.00000280. The molecule has 0 aliphatic heterocycles. The highest BCUT2D eigenvalue weighted by molar-refractivity contribution is 14.0. The molecular weight excluding hydrogens is 463 g/mol. The van der Waals surface area contributed by atoms with Crippen LogP contribution in [0, 0.1) is 0 Å². The van der Waals surface area contributed by atoms with Crippen LogP contribution in [0.4, 0.5) is 0 Å². The maximum atomic E-state index is 5.42. The minimum atomic E-state index is 0. The van der Waals surface area contributed by atoms with Crippen molar-refractivity contribution < 1.29 is 4.74 Å². The van der Waals surface area contributed by atoms with Crippen molar-refractivity contribution in [3.05, 3.63) is 71.9 Å². The highest BCUT2D eigenvalue weighted by atomic mass is 127. The van der Waals surface area contributed by atoms with Crippen molar-refractivity contribution in [2.75, 3.05) is 20.2 Å². The van der Waals surface area contributed by atoms with Crippen LogP contribution >= 0.6 is 24.0 Å². The predicted octanol–water partition coefficient (Wildman–Crippen LogP) is 4.16. The number of rotatable bonds is 7. The Hall–Kier alpha value is -2.35. The standard InChI is InChI=1S/C22H26N4O.HI/c1-3-23-22(25-15-13-17-8-4-5-12-20(17)27-2)26-16-19-10-6-9-18-11-7-14-24-21(18)19;/h4-12,14H,3,13,15-16H2,1-2H3,(H2,23,25,26);1H. The Morgan fingerprint density at radius 1 is 1.00 bits per heavy atom. The third-order valence-corrected chi connectivity index (χ3v) is 4.35. The molecule has 5 nitrogen and oxygen atoms in total. The van der Waals surface area contributed by atoms with Gasteiger partial charge in [0.05, 0.1) is 19.2 Å². The van der Waals surface area contributed by atoms with Gasteiger partial charge in [-0.3, -0.25) is 4.98 Å². The van der Waals surface area contributed by atoms with Crippen molar-refractivity contribution in [1.82, 2.24) is 15.6 Å². The highest BCUT2D eigenvalue weighted by Crippen LogP contribution is 2.18. The quantitative estimate of drug-likeness (QED) is 0.297. The summed E-state index contributed by atoms with van der Waals surface area (Å²) in [5, 5.41) is 7.84. The number of hydrogen-bond donors (Lipinski definition) is 2. The Kier molecular flexibility index (Phi) is 9.00. The zero-order valence-corrected chi connectivity index (χ0v) is 18.6. The Bertz CT molecular complexity index is 908. The van der Waals surface area contributed by atoms with Gasteiger partial charge in [0.25, 0.3) is 0 Å². The molecule has 1 aromatic heterocycles. The number of hydrogen-bond acceptors (Lipinski definition) is 3. The van der Waals surface area contributed by atoms with Crippen LogP contribution in [0.5, 0.6) is 5.75 Å². The van der Waals surface area contributed by atoms with E-state index >= 15 is 0 Å². The van der Waals surface area contributed by atoms with E-state index < -0.39 is 0 Å². The number of halogens is 1. The number of benzene rings is 2. The first-order valence-electron chi connectivity index (χ1n) is 9.28. The molecule has 2 N–H and O–H groups in total. The van der Waals surface area contributed by atoms with Crippen molar-refractivity contribution in [3.63, 3.8) is 0 Å². The number of nitrogens with zero attached hydrogens (tertiary/aromatic N) is 2. The summed E-state index contributed by atoms with van der Waals surface area (Å²) in [5.74, 6) is 1.73. The van der Waals surface area contributed by atoms with Crippen LogP contribution < -0.4 is 15.4 Å². The van der Waals surface area contributed by atoms with E-state index in [4.69, 9.17) is 9.73 Å². The van der Waals surface area contributed by atoms with Crippen LogP contribution in [0.3, 0.4) is 0 Å². The second kappa shape index (κ2) is 11.5. The fourth-order valence-electron chi connectivity index (χ4n) is 3.03. The summed E-state index contributed by atoms with van der Waals surface area (Å²) < 4.78 is 5.42. The Morgan fingerprint density at radius 2 is 1.79 bits per heavy atom. The monoisotopic (exact) mass is 490 g/mol. The minimum Gasteiger partial charge on any atom is -0.496 e. The number of nitrogens with one attached hydrogen (secondary N) is 2. The fraction of sp³-hybridized carbons (Fsp3) is 0.273. The molecule has 28 heavy (non-hydrogen) atoms. The number of guanidine groups is 1. The lowest BCUT2D eigenvalue weighted by molar-refractivity contribution is 0.409. The summed E-state index contributed by atoms with van der Waals surface area (Å²) >= 11 is 0. The molecule has 6 heteroatoms. The number of methoxy groups -OCH3 is 1. The molecule has 2 aromatic carbocycles. The summed E-state index contributed by atoms with van der Waals surface area (Å²) in [5.41, 5.74) is 3.31. The van der Waals surface area contributed by atoms with Crippen molar-refractivity contribution >= 4 is 40.8 Å². The number of ether oxygens (including phenoxy) is 1. The molecule has 0 saturated carbocycles. The molecule has 0 saturated heterocycles. The van der Waals surface area contributed by atoms with E-state index in [1.165, 1.54) is 5.56 Å². The third kappa shape index (κ3) is 5.82. The van der Waals surface area contributed by atoms with Gasteiger partial charge in [-0.25, -0.2) is 4.99 Å². The van der Waals surface area contributed by atoms with E-state index in [0.29, 0.717) is 6.54 Å². The minimum absolute atomic E-state index is 0. The largest absolute Gasteiger partial charge is 0.496 e. The molecule has 0 amide bonds. The topological polar surface area (TPSA) is 58.5 Å². The van der Waals surface area contributed by atoms with Crippen LogP contribution in [-0.2, 0) is 13.0 Å². The van der Waals surface area contributed by atoms with Crippen molar-refractivity contribution in [2.45, 2.75) is 19.9 Å². The first-order chi connectivity index (χ1) is 13.3. The van der Waals surface area contributed by atoms with Crippen LogP contribution in [0.1, 0.15) is 18.1 Å². The van der Waals surface area contributed by atoms with E-state index in [1.807, 2.05) is 30.5 Å². The van der Waals surface area contributed by atoms with Gasteiger partial charge in [-0.15, -0.1) is 24.0 Å². The SMILES string of the molecule is CCNC(=NCc1cccc2cccnc12)NCCc1ccccc1OC.I. The molecule has 0 aliphatic carbocycles. The van der Waals surface area contributed by atoms with Gasteiger partial charge in [-0.1, -0.05) is 42.5 Å². The van der Waals surface area contributed by atoms with E-state index in [1.54, 1.807) is 7.11 Å². The van der Waals surface area contributed by atoms with Crippen LogP contribution in [0.25, 0.3) is 10.9 Å². The average Bonchev–Trinajstić information content (AvgIpc) is 2.72. The van der Waals surface area contributed by atoms with Crippen molar-refractivity contribution in [3.8, 4) is 5.75 Å². The molecule has 3 rings (SSSR count). The van der Waals surface area contributed by atoms with Gasteiger partial charge in [0, 0.05) is 24.7 Å². The van der Waals surface area contributed by atoms with Crippen LogP contribution in [0.2, 0.25) is 0 Å². The number of aliphatic imine (C=N–C) groups is 1. The molecule has 1 heterocycles. The van der Waals surface area contributed by atoms with E-state index in [0.717, 1.165) is 47.7 Å². The van der Waals surface area contributed by atoms with Crippen molar-refractivity contribution in [1.29, 1.82) is 0 Å². The lowest BCUT2D eigenvalue weighted by Gasteiger charge is -2.13. The zero-order chi connectivity index (χ0) is 18.9. The van der Waals surface area contributed by atoms with Gasteiger partial charge in [0.15, 0.2) is 5.96 Å². The third-order valence-electron chi connectivity index (χ3n) is 4.35. The van der Waals surface area contributed by atoms with Gasteiger partial charge in [-0.2, -0.15) is 0 Å². The maximum absolute atomic E-state index is 5.42. The summed E-state index contributed by atoms with van der Waals surface area (Å²) in [6.07, 6.45) is 2.69. The smallest absolute Gasteiger partial charge is 0.191 e. The van der Waals surface area contributed by atoms with Crippen LogP contribution in [-0.4, -0.2) is 31.1 Å². The number of pyridine rings is 1. The normalized spacial score (nSPS) is 11.0. The lowest BCUT2D eigenvalue weighted by Crippen LogP contribution is -2.38. The van der Waals surface area contributed by atoms with E-state index in [2.05, 4.69) is 52.9 Å². The number of aromatic nitrogens is 1. The molecule has 0 aliphatic rings. The zero-order valence-electron chi connectivity index (χ0n) is 16.3. The highest BCUT2D eigenvalue weighted by Gasteiger charge is 2.04.